The number of thiophene rings is 1. The summed E-state index contributed by atoms with van der Waals surface area (Å²) in [5, 5.41) is 4.44. The van der Waals surface area contributed by atoms with Crippen LogP contribution in [0.2, 0.25) is 0 Å². The third kappa shape index (κ3) is 5.82. The third-order valence-corrected chi connectivity index (χ3v) is 4.72. The number of esters is 1. The average molecular weight is 404 g/mol. The molecule has 150 valence electrons. The first kappa shape index (κ1) is 21.4. The zero-order valence-electron chi connectivity index (χ0n) is 16.3. The summed E-state index contributed by atoms with van der Waals surface area (Å²) in [5.41, 5.74) is 6.60. The Hall–Kier alpha value is -2.87. The molecule has 2 rings (SSSR count). The largest absolute Gasteiger partial charge is 0.479 e. The van der Waals surface area contributed by atoms with Crippen molar-refractivity contribution in [2.24, 2.45) is 5.73 Å². The highest BCUT2D eigenvalue weighted by Gasteiger charge is 2.20. The van der Waals surface area contributed by atoms with E-state index in [2.05, 4.69) is 26.1 Å². The average Bonchev–Trinajstić information content (AvgIpc) is 3.07. The maximum Gasteiger partial charge on any atom is 0.347 e. The van der Waals surface area contributed by atoms with Crippen LogP contribution in [0.25, 0.3) is 0 Å². The van der Waals surface area contributed by atoms with Gasteiger partial charge >= 0.3 is 5.97 Å². The normalized spacial score (nSPS) is 12.1. The van der Waals surface area contributed by atoms with Crippen LogP contribution >= 0.6 is 11.3 Å². The van der Waals surface area contributed by atoms with Gasteiger partial charge in [0, 0.05) is 0 Å². The molecule has 2 amide bonds. The SMILES string of the molecule is C[C@H](Oc1ccc(C(C)(C)C)cc1)C(=O)OCC(=O)Nc1sccc1C(N)=O. The first-order valence-corrected chi connectivity index (χ1v) is 9.57. The van der Waals surface area contributed by atoms with E-state index in [4.69, 9.17) is 15.2 Å². The van der Waals surface area contributed by atoms with Crippen LogP contribution in [0.1, 0.15) is 43.6 Å². The Bertz CT molecular complexity index is 852. The van der Waals surface area contributed by atoms with Crippen molar-refractivity contribution in [1.82, 2.24) is 0 Å². The van der Waals surface area contributed by atoms with E-state index in [-0.39, 0.29) is 11.0 Å². The van der Waals surface area contributed by atoms with E-state index in [1.54, 1.807) is 24.4 Å². The lowest BCUT2D eigenvalue weighted by molar-refractivity contribution is -0.153. The summed E-state index contributed by atoms with van der Waals surface area (Å²) in [6.07, 6.45) is -0.879. The smallest absolute Gasteiger partial charge is 0.347 e. The molecule has 0 radical (unpaired) electrons. The van der Waals surface area contributed by atoms with Gasteiger partial charge in [0.25, 0.3) is 11.8 Å². The highest BCUT2D eigenvalue weighted by Crippen LogP contribution is 2.25. The molecule has 0 spiro atoms. The predicted octanol–water partition coefficient (Wildman–Crippen LogP) is 3.09. The van der Waals surface area contributed by atoms with Gasteiger partial charge < -0.3 is 20.5 Å². The summed E-state index contributed by atoms with van der Waals surface area (Å²) in [4.78, 5) is 35.2. The minimum Gasteiger partial charge on any atom is -0.479 e. The van der Waals surface area contributed by atoms with Crippen LogP contribution in [-0.4, -0.2) is 30.5 Å². The van der Waals surface area contributed by atoms with Gasteiger partial charge in [0.15, 0.2) is 12.7 Å². The second-order valence-electron chi connectivity index (χ2n) is 7.22. The van der Waals surface area contributed by atoms with Crippen molar-refractivity contribution in [3.8, 4) is 5.75 Å². The number of carbonyl (C=O) groups is 3. The standard InChI is InChI=1S/C20H24N2O5S/c1-12(27-14-7-5-13(6-8-14)20(2,3)4)19(25)26-11-16(23)22-18-15(17(21)24)9-10-28-18/h5-10,12H,11H2,1-4H3,(H2,21,24)(H,22,23)/t12-/m0/s1. The van der Waals surface area contributed by atoms with Crippen molar-refractivity contribution >= 4 is 34.1 Å². The van der Waals surface area contributed by atoms with Crippen molar-refractivity contribution in [3.63, 3.8) is 0 Å². The molecule has 0 saturated carbocycles. The second-order valence-corrected chi connectivity index (χ2v) is 8.13. The molecule has 0 unspecified atom stereocenters. The molecule has 3 N–H and O–H groups in total. The Balaban J connectivity index is 1.84. The fourth-order valence-electron chi connectivity index (χ4n) is 2.30. The number of carbonyl (C=O) groups excluding carboxylic acids is 3. The monoisotopic (exact) mass is 404 g/mol. The summed E-state index contributed by atoms with van der Waals surface area (Å²) in [5.74, 6) is -1.35. The molecule has 28 heavy (non-hydrogen) atoms. The molecule has 0 fully saturated rings. The molecule has 7 nitrogen and oxygen atoms in total. The van der Waals surface area contributed by atoms with Crippen LogP contribution in [0.15, 0.2) is 35.7 Å². The fourth-order valence-corrected chi connectivity index (χ4v) is 3.11. The second kappa shape index (κ2) is 8.88. The van der Waals surface area contributed by atoms with Crippen molar-refractivity contribution in [2.45, 2.75) is 39.2 Å². The molecule has 1 aromatic heterocycles. The number of nitrogens with one attached hydrogen (secondary N) is 1. The molecule has 8 heteroatoms. The van der Waals surface area contributed by atoms with E-state index in [1.165, 1.54) is 6.07 Å². The first-order chi connectivity index (χ1) is 13.1. The lowest BCUT2D eigenvalue weighted by atomic mass is 9.87. The number of amides is 2. The van der Waals surface area contributed by atoms with Crippen LogP contribution in [0, 0.1) is 0 Å². The molecule has 0 saturated heterocycles. The molecular formula is C20H24N2O5S. The van der Waals surface area contributed by atoms with Gasteiger partial charge in [-0.25, -0.2) is 4.79 Å². The Morgan fingerprint density at radius 3 is 2.36 bits per heavy atom. The van der Waals surface area contributed by atoms with E-state index in [9.17, 15) is 14.4 Å². The van der Waals surface area contributed by atoms with Gasteiger partial charge in [-0.2, -0.15) is 0 Å². The molecule has 0 aliphatic rings. The van der Waals surface area contributed by atoms with Gasteiger partial charge in [-0.15, -0.1) is 11.3 Å². The molecular weight excluding hydrogens is 380 g/mol. The van der Waals surface area contributed by atoms with E-state index < -0.39 is 30.5 Å². The third-order valence-electron chi connectivity index (χ3n) is 3.89. The highest BCUT2D eigenvalue weighted by atomic mass is 32.1. The lowest BCUT2D eigenvalue weighted by Crippen LogP contribution is -2.30. The molecule has 0 aliphatic carbocycles. The van der Waals surface area contributed by atoms with Crippen LogP contribution < -0.4 is 15.8 Å². The Labute approximate surface area is 167 Å². The van der Waals surface area contributed by atoms with E-state index >= 15 is 0 Å². The number of ether oxygens (including phenoxy) is 2. The number of anilines is 1. The highest BCUT2D eigenvalue weighted by molar-refractivity contribution is 7.14. The van der Waals surface area contributed by atoms with Gasteiger partial charge in [0.2, 0.25) is 0 Å². The van der Waals surface area contributed by atoms with E-state index in [0.29, 0.717) is 10.8 Å². The van der Waals surface area contributed by atoms with Gasteiger partial charge in [-0.1, -0.05) is 32.9 Å². The van der Waals surface area contributed by atoms with Crippen LogP contribution in [0.3, 0.4) is 0 Å². The Morgan fingerprint density at radius 1 is 1.14 bits per heavy atom. The summed E-state index contributed by atoms with van der Waals surface area (Å²) in [7, 11) is 0. The molecule has 1 heterocycles. The maximum absolute atomic E-state index is 12.1. The van der Waals surface area contributed by atoms with Gasteiger partial charge in [0.05, 0.1) is 5.56 Å². The molecule has 1 atom stereocenters. The molecule has 0 aliphatic heterocycles. The summed E-state index contributed by atoms with van der Waals surface area (Å²) in [6.45, 7) is 7.37. The van der Waals surface area contributed by atoms with Gasteiger partial charge in [-0.3, -0.25) is 9.59 Å². The van der Waals surface area contributed by atoms with Crippen molar-refractivity contribution < 1.29 is 23.9 Å². The van der Waals surface area contributed by atoms with E-state index in [0.717, 1.165) is 16.9 Å². The summed E-state index contributed by atoms with van der Waals surface area (Å²) >= 11 is 1.15. The summed E-state index contributed by atoms with van der Waals surface area (Å²) < 4.78 is 10.5. The van der Waals surface area contributed by atoms with Crippen molar-refractivity contribution in [1.29, 1.82) is 0 Å². The van der Waals surface area contributed by atoms with Crippen LogP contribution in [0.4, 0.5) is 5.00 Å². The van der Waals surface area contributed by atoms with Gasteiger partial charge in [0.1, 0.15) is 10.8 Å². The Morgan fingerprint density at radius 2 is 1.79 bits per heavy atom. The summed E-state index contributed by atoms with van der Waals surface area (Å²) in [6, 6.07) is 8.98. The van der Waals surface area contributed by atoms with Crippen LogP contribution in [0.5, 0.6) is 5.75 Å². The number of hydrogen-bond acceptors (Lipinski definition) is 6. The number of benzene rings is 1. The number of rotatable bonds is 7. The first-order valence-electron chi connectivity index (χ1n) is 8.69. The number of hydrogen-bond donors (Lipinski definition) is 2. The predicted molar refractivity (Wildman–Crippen MR) is 108 cm³/mol. The van der Waals surface area contributed by atoms with Crippen LogP contribution in [-0.2, 0) is 19.7 Å². The minimum atomic E-state index is -0.879. The van der Waals surface area contributed by atoms with E-state index in [1.807, 2.05) is 12.1 Å². The topological polar surface area (TPSA) is 108 Å². The zero-order valence-corrected chi connectivity index (χ0v) is 17.1. The molecule has 0 bridgehead atoms. The maximum atomic E-state index is 12.1. The minimum absolute atomic E-state index is 0.0212. The fraction of sp³-hybridized carbons (Fsp3) is 0.350. The Kier molecular flexibility index (Phi) is 6.80. The molecule has 2 aromatic rings. The lowest BCUT2D eigenvalue weighted by Gasteiger charge is -2.20. The molecule has 1 aromatic carbocycles. The quantitative estimate of drug-likeness (QED) is 0.690. The van der Waals surface area contributed by atoms with Gasteiger partial charge in [-0.05, 0) is 41.5 Å². The number of primary amides is 1. The number of nitrogens with two attached hydrogens (primary N) is 1. The zero-order chi connectivity index (χ0) is 20.9. The van der Waals surface area contributed by atoms with Crippen molar-refractivity contribution in [3.05, 3.63) is 46.8 Å². The van der Waals surface area contributed by atoms with Crippen molar-refractivity contribution in [2.75, 3.05) is 11.9 Å².